The van der Waals surface area contributed by atoms with Crippen molar-refractivity contribution in [2.75, 3.05) is 19.0 Å². The van der Waals surface area contributed by atoms with Crippen LogP contribution in [0.25, 0.3) is 0 Å². The Hall–Kier alpha value is -3.43. The number of anilines is 1. The van der Waals surface area contributed by atoms with E-state index in [0.29, 0.717) is 27.1 Å². The van der Waals surface area contributed by atoms with Crippen LogP contribution >= 0.6 is 23.2 Å². The van der Waals surface area contributed by atoms with Gasteiger partial charge in [-0.3, -0.25) is 4.79 Å². The summed E-state index contributed by atoms with van der Waals surface area (Å²) in [6.45, 7) is -0.0588. The maximum atomic E-state index is 12.8. The van der Waals surface area contributed by atoms with E-state index in [4.69, 9.17) is 32.7 Å². The fraction of sp³-hybridized carbons (Fsp3) is 0.167. The predicted molar refractivity (Wildman–Crippen MR) is 129 cm³/mol. The van der Waals surface area contributed by atoms with E-state index in [1.807, 2.05) is 0 Å². The van der Waals surface area contributed by atoms with Crippen molar-refractivity contribution in [3.63, 3.8) is 0 Å². The molecule has 0 radical (unpaired) electrons. The molecular formula is C24H20Cl2F3N3O3. The van der Waals surface area contributed by atoms with E-state index in [9.17, 15) is 18.0 Å². The first-order valence-corrected chi connectivity index (χ1v) is 10.9. The van der Waals surface area contributed by atoms with Gasteiger partial charge in [-0.05, 0) is 54.1 Å². The third-order valence-electron chi connectivity index (χ3n) is 4.63. The van der Waals surface area contributed by atoms with Gasteiger partial charge in [0.05, 0.1) is 25.4 Å². The average Bonchev–Trinajstić information content (AvgIpc) is 2.82. The minimum Gasteiger partial charge on any atom is -0.493 e. The second-order valence-electron chi connectivity index (χ2n) is 7.16. The summed E-state index contributed by atoms with van der Waals surface area (Å²) >= 11 is 12.1. The van der Waals surface area contributed by atoms with Crippen molar-refractivity contribution in [3.05, 3.63) is 87.4 Å². The number of benzene rings is 3. The third-order valence-corrected chi connectivity index (χ3v) is 5.22. The van der Waals surface area contributed by atoms with Gasteiger partial charge in [0.15, 0.2) is 11.5 Å². The molecule has 6 nitrogen and oxygen atoms in total. The van der Waals surface area contributed by atoms with E-state index in [2.05, 4.69) is 15.8 Å². The average molecular weight is 526 g/mol. The predicted octanol–water partition coefficient (Wildman–Crippen LogP) is 6.16. The Kier molecular flexibility index (Phi) is 8.84. The number of carbonyl (C=O) groups excluding carboxylic acids is 1. The summed E-state index contributed by atoms with van der Waals surface area (Å²) in [6.07, 6.45) is -3.07. The second-order valence-corrected chi connectivity index (χ2v) is 8.00. The van der Waals surface area contributed by atoms with Crippen LogP contribution in [-0.4, -0.2) is 25.8 Å². The molecule has 1 amide bonds. The van der Waals surface area contributed by atoms with Crippen molar-refractivity contribution in [1.29, 1.82) is 0 Å². The van der Waals surface area contributed by atoms with E-state index in [1.54, 1.807) is 36.4 Å². The fourth-order valence-corrected chi connectivity index (χ4v) is 3.35. The van der Waals surface area contributed by atoms with Gasteiger partial charge >= 0.3 is 6.18 Å². The van der Waals surface area contributed by atoms with Gasteiger partial charge in [-0.25, -0.2) is 5.43 Å². The fourth-order valence-electron chi connectivity index (χ4n) is 2.88. The number of nitrogens with zero attached hydrogens (tertiary/aromatic N) is 1. The molecule has 3 aromatic rings. The van der Waals surface area contributed by atoms with Crippen molar-refractivity contribution < 1.29 is 27.4 Å². The molecule has 35 heavy (non-hydrogen) atoms. The minimum atomic E-state index is -4.46. The number of halogens is 5. The number of ether oxygens (including phenoxy) is 2. The van der Waals surface area contributed by atoms with Gasteiger partial charge in [-0.1, -0.05) is 35.3 Å². The van der Waals surface area contributed by atoms with Gasteiger partial charge in [0, 0.05) is 21.3 Å². The van der Waals surface area contributed by atoms with Crippen LogP contribution in [0, 0.1) is 0 Å². The lowest BCUT2D eigenvalue weighted by molar-refractivity contribution is -0.137. The molecule has 0 fully saturated rings. The quantitative estimate of drug-likeness (QED) is 0.259. The molecule has 0 heterocycles. The van der Waals surface area contributed by atoms with Crippen molar-refractivity contribution in [1.82, 2.24) is 5.43 Å². The van der Waals surface area contributed by atoms with Crippen molar-refractivity contribution in [3.8, 4) is 11.5 Å². The van der Waals surface area contributed by atoms with Crippen LogP contribution in [0.2, 0.25) is 10.0 Å². The van der Waals surface area contributed by atoms with E-state index in [-0.39, 0.29) is 18.8 Å². The molecule has 0 aliphatic heterocycles. The molecule has 2 N–H and O–H groups in total. The van der Waals surface area contributed by atoms with Crippen LogP contribution in [0.5, 0.6) is 11.5 Å². The van der Waals surface area contributed by atoms with Gasteiger partial charge in [0.1, 0.15) is 6.61 Å². The molecule has 0 saturated carbocycles. The van der Waals surface area contributed by atoms with Crippen LogP contribution in [0.4, 0.5) is 18.9 Å². The normalized spacial score (nSPS) is 11.4. The summed E-state index contributed by atoms with van der Waals surface area (Å²) in [5.41, 5.74) is 3.03. The summed E-state index contributed by atoms with van der Waals surface area (Å²) in [5, 5.41) is 7.50. The number of amides is 1. The number of methoxy groups -OCH3 is 1. The number of hydrogen-bond donors (Lipinski definition) is 2. The Labute approximate surface area is 209 Å². The van der Waals surface area contributed by atoms with Gasteiger partial charge in [-0.2, -0.15) is 18.3 Å². The summed E-state index contributed by atoms with van der Waals surface area (Å²) in [6, 6.07) is 14.7. The molecular weight excluding hydrogens is 506 g/mol. The number of hydrogen-bond acceptors (Lipinski definition) is 5. The van der Waals surface area contributed by atoms with Crippen molar-refractivity contribution in [2.45, 2.75) is 12.8 Å². The maximum Gasteiger partial charge on any atom is 0.416 e. The lowest BCUT2D eigenvalue weighted by Crippen LogP contribution is -2.26. The highest BCUT2D eigenvalue weighted by atomic mass is 35.5. The summed E-state index contributed by atoms with van der Waals surface area (Å²) in [5.74, 6) is 0.381. The number of hydrazone groups is 1. The molecule has 0 atom stereocenters. The zero-order valence-corrected chi connectivity index (χ0v) is 19.8. The summed E-state index contributed by atoms with van der Waals surface area (Å²) in [4.78, 5) is 12.0. The minimum absolute atomic E-state index is 0.166. The topological polar surface area (TPSA) is 72.0 Å². The molecule has 0 aliphatic rings. The number of rotatable bonds is 9. The molecule has 3 rings (SSSR count). The zero-order valence-electron chi connectivity index (χ0n) is 18.3. The number of nitrogens with one attached hydrogen (secondary N) is 2. The summed E-state index contributed by atoms with van der Waals surface area (Å²) < 4.78 is 49.5. The van der Waals surface area contributed by atoms with Crippen LogP contribution in [0.3, 0.4) is 0 Å². The molecule has 184 valence electrons. The highest BCUT2D eigenvalue weighted by Gasteiger charge is 2.30. The Bertz CT molecular complexity index is 1220. The highest BCUT2D eigenvalue weighted by molar-refractivity contribution is 6.35. The van der Waals surface area contributed by atoms with Gasteiger partial charge in [-0.15, -0.1) is 0 Å². The van der Waals surface area contributed by atoms with Crippen LogP contribution < -0.4 is 20.2 Å². The monoisotopic (exact) mass is 525 g/mol. The summed E-state index contributed by atoms with van der Waals surface area (Å²) in [7, 11) is 1.49. The van der Waals surface area contributed by atoms with Gasteiger partial charge in [0.25, 0.3) is 5.91 Å². The SMILES string of the molecule is COc1cc(/C=N\NC(=O)CNc2cccc(C(F)(F)F)c2)ccc1OCc1ccc(Cl)cc1Cl. The van der Waals surface area contributed by atoms with Gasteiger partial charge in [0.2, 0.25) is 0 Å². The van der Waals surface area contributed by atoms with E-state index in [0.717, 1.165) is 17.7 Å². The lowest BCUT2D eigenvalue weighted by Gasteiger charge is -2.12. The first kappa shape index (κ1) is 26.2. The largest absolute Gasteiger partial charge is 0.493 e. The molecule has 0 spiro atoms. The van der Waals surface area contributed by atoms with E-state index < -0.39 is 17.6 Å². The van der Waals surface area contributed by atoms with Crippen LogP contribution in [0.15, 0.2) is 65.8 Å². The molecule has 11 heteroatoms. The lowest BCUT2D eigenvalue weighted by atomic mass is 10.2. The molecule has 0 aliphatic carbocycles. The van der Waals surface area contributed by atoms with E-state index >= 15 is 0 Å². The Morgan fingerprint density at radius 3 is 2.57 bits per heavy atom. The number of carbonyl (C=O) groups is 1. The first-order chi connectivity index (χ1) is 16.7. The van der Waals surface area contributed by atoms with Crippen molar-refractivity contribution >= 4 is 41.0 Å². The smallest absolute Gasteiger partial charge is 0.416 e. The van der Waals surface area contributed by atoms with Crippen LogP contribution in [-0.2, 0) is 17.6 Å². The standard InChI is InChI=1S/C24H20Cl2F3N3O3/c1-34-22-9-15(5-8-21(22)35-14-16-6-7-18(25)11-20(16)26)12-31-32-23(33)13-30-19-4-2-3-17(10-19)24(27,28)29/h2-12,30H,13-14H2,1H3,(H,32,33)/b31-12-. The molecule has 3 aromatic carbocycles. The Morgan fingerprint density at radius 1 is 1.06 bits per heavy atom. The molecule has 0 saturated heterocycles. The Balaban J connectivity index is 1.53. The van der Waals surface area contributed by atoms with Crippen LogP contribution in [0.1, 0.15) is 16.7 Å². The Morgan fingerprint density at radius 2 is 1.86 bits per heavy atom. The second kappa shape index (κ2) is 11.8. The third kappa shape index (κ3) is 7.80. The molecule has 0 aromatic heterocycles. The highest BCUT2D eigenvalue weighted by Crippen LogP contribution is 2.31. The number of alkyl halides is 3. The molecule has 0 unspecified atom stereocenters. The van der Waals surface area contributed by atoms with Crippen molar-refractivity contribution in [2.24, 2.45) is 5.10 Å². The van der Waals surface area contributed by atoms with E-state index in [1.165, 1.54) is 25.5 Å². The maximum absolute atomic E-state index is 12.8. The zero-order chi connectivity index (χ0) is 25.4. The first-order valence-electron chi connectivity index (χ1n) is 10.1. The van der Waals surface area contributed by atoms with Gasteiger partial charge < -0.3 is 14.8 Å². The molecule has 0 bridgehead atoms.